The van der Waals surface area contributed by atoms with E-state index in [9.17, 15) is 9.59 Å². The molecule has 0 saturated carbocycles. The van der Waals surface area contributed by atoms with Gasteiger partial charge in [0, 0.05) is 45.9 Å². The number of carbonyl (C=O) groups excluding carboxylic acids is 1. The molecule has 138 valence electrons. The van der Waals surface area contributed by atoms with Gasteiger partial charge in [-0.1, -0.05) is 12.1 Å². The molecule has 3 heterocycles. The Morgan fingerprint density at radius 2 is 2.12 bits per heavy atom. The summed E-state index contributed by atoms with van der Waals surface area (Å²) in [7, 11) is 3.88. The second-order valence-corrected chi connectivity index (χ2v) is 6.50. The van der Waals surface area contributed by atoms with Crippen LogP contribution in [0.5, 0.6) is 0 Å². The summed E-state index contributed by atoms with van der Waals surface area (Å²) in [5.74, 6) is 0.885. The molecule has 0 aromatic carbocycles. The fraction of sp³-hybridized carbons (Fsp3) is 0.421. The van der Waals surface area contributed by atoms with Crippen molar-refractivity contribution in [2.24, 2.45) is 0 Å². The lowest BCUT2D eigenvalue weighted by atomic mass is 10.1. The molecule has 1 amide bonds. The van der Waals surface area contributed by atoms with Crippen LogP contribution in [0.4, 0.5) is 5.82 Å². The van der Waals surface area contributed by atoms with E-state index < -0.39 is 0 Å². The maximum Gasteiger partial charge on any atom is 0.250 e. The molecule has 0 radical (unpaired) electrons. The minimum Gasteiger partial charge on any atom is -0.368 e. The third-order valence-corrected chi connectivity index (χ3v) is 4.43. The lowest BCUT2D eigenvalue weighted by Crippen LogP contribution is -2.43. The van der Waals surface area contributed by atoms with Gasteiger partial charge in [0.2, 0.25) is 5.91 Å². The zero-order valence-corrected chi connectivity index (χ0v) is 15.2. The highest BCUT2D eigenvalue weighted by Crippen LogP contribution is 2.22. The van der Waals surface area contributed by atoms with Gasteiger partial charge in [0.15, 0.2) is 0 Å². The van der Waals surface area contributed by atoms with Crippen molar-refractivity contribution in [3.63, 3.8) is 0 Å². The monoisotopic (exact) mass is 356 g/mol. The zero-order valence-electron chi connectivity index (χ0n) is 15.2. The van der Waals surface area contributed by atoms with Crippen LogP contribution in [0.15, 0.2) is 47.4 Å². The maximum absolute atomic E-state index is 12.6. The molecular weight excluding hydrogens is 332 g/mol. The molecule has 1 atom stereocenters. The number of carbonyl (C=O) groups is 1. The van der Waals surface area contributed by atoms with Crippen molar-refractivity contribution in [2.75, 3.05) is 38.7 Å². The molecule has 7 heteroatoms. The number of nitrogens with zero attached hydrogens (tertiary/aromatic N) is 4. The highest BCUT2D eigenvalue weighted by Gasteiger charge is 2.26. The molecule has 7 nitrogen and oxygen atoms in total. The Hall–Kier alpha value is -2.67. The Kier molecular flexibility index (Phi) is 5.68. The minimum atomic E-state index is -0.230. The summed E-state index contributed by atoms with van der Waals surface area (Å²) in [6.45, 7) is 1.91. The molecule has 0 unspecified atom stereocenters. The molecule has 2 aromatic heterocycles. The van der Waals surface area contributed by atoms with Gasteiger partial charge in [0.1, 0.15) is 11.9 Å². The number of rotatable bonds is 5. The van der Waals surface area contributed by atoms with Crippen LogP contribution >= 0.6 is 0 Å². The van der Waals surface area contributed by atoms with E-state index in [1.165, 1.54) is 6.07 Å². The maximum atomic E-state index is 12.6. The van der Waals surface area contributed by atoms with E-state index in [0.29, 0.717) is 32.7 Å². The van der Waals surface area contributed by atoms with Gasteiger partial charge in [-0.05, 0) is 18.2 Å². The third kappa shape index (κ3) is 4.29. The van der Waals surface area contributed by atoms with Gasteiger partial charge in [-0.2, -0.15) is 0 Å². The van der Waals surface area contributed by atoms with Gasteiger partial charge >= 0.3 is 0 Å². The van der Waals surface area contributed by atoms with Crippen LogP contribution in [0.25, 0.3) is 0 Å². The van der Waals surface area contributed by atoms with Crippen LogP contribution in [-0.2, 0) is 16.1 Å². The van der Waals surface area contributed by atoms with Crippen molar-refractivity contribution in [3.8, 4) is 0 Å². The largest absolute Gasteiger partial charge is 0.368 e. The van der Waals surface area contributed by atoms with Crippen molar-refractivity contribution in [2.45, 2.75) is 19.1 Å². The average molecular weight is 356 g/mol. The first-order valence-corrected chi connectivity index (χ1v) is 8.74. The van der Waals surface area contributed by atoms with Crippen molar-refractivity contribution < 1.29 is 9.53 Å². The molecule has 2 aromatic rings. The highest BCUT2D eigenvalue weighted by atomic mass is 16.5. The number of anilines is 1. The molecule has 1 aliphatic rings. The van der Waals surface area contributed by atoms with E-state index in [2.05, 4.69) is 4.98 Å². The fourth-order valence-electron chi connectivity index (χ4n) is 2.94. The molecule has 0 bridgehead atoms. The lowest BCUT2D eigenvalue weighted by molar-refractivity contribution is -0.139. The number of pyridine rings is 2. The van der Waals surface area contributed by atoms with Crippen LogP contribution in [0.2, 0.25) is 0 Å². The quantitative estimate of drug-likeness (QED) is 0.808. The first-order chi connectivity index (χ1) is 12.5. The van der Waals surface area contributed by atoms with Crippen LogP contribution in [0.3, 0.4) is 0 Å². The number of amides is 1. The van der Waals surface area contributed by atoms with E-state index in [0.717, 1.165) is 11.5 Å². The van der Waals surface area contributed by atoms with Crippen LogP contribution in [0, 0.1) is 0 Å². The Bertz CT molecular complexity index is 818. The number of ether oxygens (including phenoxy) is 1. The molecular formula is C19H24N4O3. The Morgan fingerprint density at radius 1 is 1.27 bits per heavy atom. The number of hydrogen-bond donors (Lipinski definition) is 0. The molecule has 1 saturated heterocycles. The first-order valence-electron chi connectivity index (χ1n) is 8.74. The van der Waals surface area contributed by atoms with Gasteiger partial charge < -0.3 is 19.1 Å². The molecule has 3 rings (SSSR count). The smallest absolute Gasteiger partial charge is 0.250 e. The van der Waals surface area contributed by atoms with E-state index in [1.807, 2.05) is 37.2 Å². The third-order valence-electron chi connectivity index (χ3n) is 4.43. The minimum absolute atomic E-state index is 0.0258. The molecule has 1 aliphatic heterocycles. The van der Waals surface area contributed by atoms with Crippen molar-refractivity contribution in [1.29, 1.82) is 0 Å². The molecule has 1 fully saturated rings. The summed E-state index contributed by atoms with van der Waals surface area (Å²) in [4.78, 5) is 32.6. The fourth-order valence-corrected chi connectivity index (χ4v) is 2.94. The van der Waals surface area contributed by atoms with E-state index in [4.69, 9.17) is 4.74 Å². The normalized spacial score (nSPS) is 17.2. The topological polar surface area (TPSA) is 67.7 Å². The molecule has 0 aliphatic carbocycles. The van der Waals surface area contributed by atoms with Gasteiger partial charge in [-0.15, -0.1) is 0 Å². The zero-order chi connectivity index (χ0) is 18.5. The van der Waals surface area contributed by atoms with Gasteiger partial charge in [-0.3, -0.25) is 9.59 Å². The summed E-state index contributed by atoms with van der Waals surface area (Å²) >= 11 is 0. The van der Waals surface area contributed by atoms with E-state index in [-0.39, 0.29) is 17.6 Å². The first kappa shape index (κ1) is 18.1. The van der Waals surface area contributed by atoms with Crippen LogP contribution in [0.1, 0.15) is 18.2 Å². The van der Waals surface area contributed by atoms with E-state index >= 15 is 0 Å². The molecule has 0 spiro atoms. The van der Waals surface area contributed by atoms with Gasteiger partial charge in [0.25, 0.3) is 5.56 Å². The molecule has 26 heavy (non-hydrogen) atoms. The Balaban J connectivity index is 1.63. The average Bonchev–Trinajstić information content (AvgIpc) is 2.67. The van der Waals surface area contributed by atoms with Gasteiger partial charge in [-0.25, -0.2) is 4.98 Å². The van der Waals surface area contributed by atoms with Crippen LogP contribution < -0.4 is 10.5 Å². The van der Waals surface area contributed by atoms with Gasteiger partial charge in [0.05, 0.1) is 18.8 Å². The van der Waals surface area contributed by atoms with Crippen LogP contribution in [-0.4, -0.2) is 54.1 Å². The number of aromatic nitrogens is 2. The van der Waals surface area contributed by atoms with Crippen molar-refractivity contribution >= 4 is 11.7 Å². The van der Waals surface area contributed by atoms with Crippen molar-refractivity contribution in [3.05, 3.63) is 58.6 Å². The second kappa shape index (κ2) is 8.14. The summed E-state index contributed by atoms with van der Waals surface area (Å²) < 4.78 is 7.38. The Morgan fingerprint density at radius 3 is 2.88 bits per heavy atom. The standard InChI is InChI=1S/C19H24N4O3/c1-21(2)17-7-5-6-15(20-17)16-14-23(12-13-26-16)19(25)9-11-22-10-4-3-8-18(22)24/h3-8,10,16H,9,11-14H2,1-2H3/t16-/m1/s1. The summed E-state index contributed by atoms with van der Waals surface area (Å²) in [6, 6.07) is 10.8. The van der Waals surface area contributed by atoms with Crippen molar-refractivity contribution in [1.82, 2.24) is 14.5 Å². The summed E-state index contributed by atoms with van der Waals surface area (Å²) in [5.41, 5.74) is 0.734. The number of hydrogen-bond acceptors (Lipinski definition) is 5. The molecule has 0 N–H and O–H groups in total. The summed E-state index contributed by atoms with van der Waals surface area (Å²) in [6.07, 6.45) is 1.77. The Labute approximate surface area is 152 Å². The predicted octanol–water partition coefficient (Wildman–Crippen LogP) is 1.30. The highest BCUT2D eigenvalue weighted by molar-refractivity contribution is 5.76. The number of morpholine rings is 1. The SMILES string of the molecule is CN(C)c1cccc([C@H]2CN(C(=O)CCn3ccccc3=O)CCO2)n1. The number of aryl methyl sites for hydroxylation is 1. The summed E-state index contributed by atoms with van der Waals surface area (Å²) in [5, 5.41) is 0. The predicted molar refractivity (Wildman–Crippen MR) is 99.2 cm³/mol. The second-order valence-electron chi connectivity index (χ2n) is 6.50. The lowest BCUT2D eigenvalue weighted by Gasteiger charge is -2.33. The van der Waals surface area contributed by atoms with E-state index in [1.54, 1.807) is 27.8 Å².